The molecule has 61 heavy (non-hydrogen) atoms. The lowest BCUT2D eigenvalue weighted by atomic mass is 9.54. The van der Waals surface area contributed by atoms with Gasteiger partial charge in [-0.3, -0.25) is 4.79 Å². The van der Waals surface area contributed by atoms with E-state index in [1.807, 2.05) is 97.1 Å². The number of ether oxygens (including phenoxy) is 4. The van der Waals surface area contributed by atoms with E-state index in [9.17, 15) is 13.2 Å². The molecule has 1 aromatic heterocycles. The first-order valence-corrected chi connectivity index (χ1v) is 22.7. The van der Waals surface area contributed by atoms with Gasteiger partial charge in [-0.1, -0.05) is 84.9 Å². The number of hydrogen-bond acceptors (Lipinski definition) is 7. The van der Waals surface area contributed by atoms with Gasteiger partial charge in [0.15, 0.2) is 0 Å². The fourth-order valence-electron chi connectivity index (χ4n) is 10.3. The van der Waals surface area contributed by atoms with Gasteiger partial charge in [-0.05, 0) is 128 Å². The zero-order valence-corrected chi connectivity index (χ0v) is 35.5. The summed E-state index contributed by atoms with van der Waals surface area (Å²) in [7, 11) is -0.839. The average Bonchev–Trinajstić information content (AvgIpc) is 3.66. The summed E-state index contributed by atoms with van der Waals surface area (Å²) in [5.41, 5.74) is 3.35. The summed E-state index contributed by atoms with van der Waals surface area (Å²) in [5.74, 6) is 3.07. The van der Waals surface area contributed by atoms with E-state index in [-0.39, 0.29) is 17.4 Å². The van der Waals surface area contributed by atoms with Crippen LogP contribution in [-0.2, 0) is 32.6 Å². The number of benzene rings is 5. The van der Waals surface area contributed by atoms with Crippen LogP contribution in [0.4, 0.5) is 0 Å². The molecule has 1 unspecified atom stereocenters. The summed E-state index contributed by atoms with van der Waals surface area (Å²) in [6.45, 7) is 0.650. The molecule has 4 saturated carbocycles. The Hall–Kier alpha value is -6.00. The Balaban J connectivity index is 1.18. The second-order valence-electron chi connectivity index (χ2n) is 17.0. The Morgan fingerprint density at radius 1 is 0.754 bits per heavy atom. The Labute approximate surface area is 358 Å². The molecule has 9 nitrogen and oxygen atoms in total. The second-order valence-corrected chi connectivity index (χ2v) is 18.8. The van der Waals surface area contributed by atoms with Crippen molar-refractivity contribution in [1.29, 1.82) is 0 Å². The van der Waals surface area contributed by atoms with Gasteiger partial charge in [0.1, 0.15) is 46.7 Å². The summed E-state index contributed by atoms with van der Waals surface area (Å²) in [6.07, 6.45) is 10.7. The maximum Gasteiger partial charge on any atom is 0.268 e. The topological polar surface area (TPSA) is 105 Å². The van der Waals surface area contributed by atoms with Gasteiger partial charge in [-0.2, -0.15) is 0 Å². The number of nitrogens with one attached hydrogen (secondary N) is 1. The zero-order chi connectivity index (χ0) is 42.0. The molecule has 314 valence electrons. The molecule has 4 fully saturated rings. The number of rotatable bonds is 16. The van der Waals surface area contributed by atoms with Crippen LogP contribution in [0.2, 0.25) is 0 Å². The fraction of sp³-hybridized carbons (Fsp3) is 0.314. The van der Waals surface area contributed by atoms with Crippen molar-refractivity contribution >= 4 is 32.9 Å². The van der Waals surface area contributed by atoms with Crippen molar-refractivity contribution in [3.05, 3.63) is 162 Å². The monoisotopic (exact) mass is 836 g/mol. The molecule has 1 N–H and O–H groups in total. The van der Waals surface area contributed by atoms with Crippen molar-refractivity contribution < 1.29 is 32.2 Å². The van der Waals surface area contributed by atoms with Crippen LogP contribution in [0.5, 0.6) is 17.2 Å². The van der Waals surface area contributed by atoms with Crippen molar-refractivity contribution in [2.45, 2.75) is 68.0 Å². The van der Waals surface area contributed by atoms with E-state index >= 15 is 0 Å². The molecule has 0 saturated heterocycles. The van der Waals surface area contributed by atoms with Crippen molar-refractivity contribution in [3.63, 3.8) is 0 Å². The Morgan fingerprint density at radius 3 is 1.98 bits per heavy atom. The summed E-state index contributed by atoms with van der Waals surface area (Å²) >= 11 is 0. The first kappa shape index (κ1) is 40.4. The van der Waals surface area contributed by atoms with E-state index in [1.54, 1.807) is 56.8 Å². The molecule has 1 atom stereocenters. The maximum atomic E-state index is 14.9. The number of fused-ring (bicyclic) bond motifs is 1. The molecular formula is C51H52N2O7S. The van der Waals surface area contributed by atoms with Crippen LogP contribution >= 0.6 is 0 Å². The maximum absolute atomic E-state index is 14.9. The molecule has 10 heteroatoms. The molecule has 5 aromatic carbocycles. The molecule has 10 rings (SSSR count). The third-order valence-electron chi connectivity index (χ3n) is 12.8. The summed E-state index contributed by atoms with van der Waals surface area (Å²) < 4.78 is 55.4. The molecule has 4 aliphatic carbocycles. The predicted molar refractivity (Wildman–Crippen MR) is 237 cm³/mol. The first-order chi connectivity index (χ1) is 29.7. The highest BCUT2D eigenvalue weighted by atomic mass is 32.2. The molecule has 1 heterocycles. The lowest BCUT2D eigenvalue weighted by Crippen LogP contribution is -2.52. The number of methoxy groups -OCH3 is 2. The van der Waals surface area contributed by atoms with Gasteiger partial charge in [0, 0.05) is 23.7 Å². The van der Waals surface area contributed by atoms with E-state index in [1.165, 1.54) is 23.2 Å². The Bertz CT molecular complexity index is 2590. The van der Waals surface area contributed by atoms with Crippen molar-refractivity contribution in [1.82, 2.24) is 9.29 Å². The lowest BCUT2D eigenvalue weighted by Gasteiger charge is -2.56. The van der Waals surface area contributed by atoms with Crippen LogP contribution in [0.1, 0.15) is 66.7 Å². The van der Waals surface area contributed by atoms with Crippen LogP contribution in [-0.4, -0.2) is 44.7 Å². The predicted octanol–water partition coefficient (Wildman–Crippen LogP) is 9.94. The Kier molecular flexibility index (Phi) is 11.4. The molecular weight excluding hydrogens is 785 g/mol. The number of amides is 1. The van der Waals surface area contributed by atoms with Gasteiger partial charge < -0.3 is 24.3 Å². The lowest BCUT2D eigenvalue weighted by molar-refractivity contribution is -0.144. The quantitative estimate of drug-likeness (QED) is 0.0969. The summed E-state index contributed by atoms with van der Waals surface area (Å²) in [6, 6.07) is 39.2. The summed E-state index contributed by atoms with van der Waals surface area (Å²) in [4.78, 5) is 15.0. The van der Waals surface area contributed by atoms with Crippen LogP contribution in [0.15, 0.2) is 144 Å². The van der Waals surface area contributed by atoms with Crippen molar-refractivity contribution in [2.24, 2.45) is 17.8 Å². The van der Waals surface area contributed by atoms with Gasteiger partial charge in [-0.15, -0.1) is 0 Å². The van der Waals surface area contributed by atoms with Gasteiger partial charge in [0.05, 0.1) is 19.1 Å². The molecule has 0 radical (unpaired) electrons. The van der Waals surface area contributed by atoms with E-state index in [0.29, 0.717) is 64.4 Å². The second kappa shape index (κ2) is 17.2. The van der Waals surface area contributed by atoms with E-state index in [4.69, 9.17) is 18.9 Å². The smallest absolute Gasteiger partial charge is 0.268 e. The number of carbonyl (C=O) groups is 1. The first-order valence-electron chi connectivity index (χ1n) is 21.3. The third-order valence-corrected chi connectivity index (χ3v) is 14.5. The van der Waals surface area contributed by atoms with Gasteiger partial charge in [0.25, 0.3) is 10.0 Å². The van der Waals surface area contributed by atoms with Crippen LogP contribution in [0, 0.1) is 17.8 Å². The van der Waals surface area contributed by atoms with Crippen LogP contribution in [0.3, 0.4) is 0 Å². The highest BCUT2D eigenvalue weighted by molar-refractivity contribution is 7.90. The van der Waals surface area contributed by atoms with Crippen LogP contribution < -0.4 is 19.5 Å². The minimum Gasteiger partial charge on any atom is -0.497 e. The zero-order valence-electron chi connectivity index (χ0n) is 34.7. The SMILES string of the molecule is COc1ccc(CCNC(=O)C(/C(=C/c2cn(S(=O)(=O)c3ccccc3)c3c(OCc4ccccc4)cccc23)OC23CC4CC(CC(C4)C2)C3)c2ccc(OC)cc2)cc1. The van der Waals surface area contributed by atoms with Gasteiger partial charge >= 0.3 is 0 Å². The minimum absolute atomic E-state index is 0.151. The molecule has 1 amide bonds. The largest absolute Gasteiger partial charge is 0.497 e. The molecule has 0 aliphatic heterocycles. The standard InChI is InChI=1S/C51H52N2O7S/c1-57-42-20-16-35(17-21-42)24-25-52-50(54)48(40-18-22-43(58-2)23-19-40)47(60-51-30-37-26-38(31-51)28-39(27-37)32-51)29-41-33-53(61(55,56)44-12-7-4-8-13-44)49-45(41)14-9-15-46(49)59-34-36-10-5-3-6-11-36/h3-23,29,33,37-39,48H,24-28,30-32,34H2,1-2H3,(H,52,54)/b47-29-. The highest BCUT2D eigenvalue weighted by Gasteiger charge is 2.53. The van der Waals surface area contributed by atoms with Gasteiger partial charge in [-0.25, -0.2) is 12.4 Å². The number of nitrogens with zero attached hydrogens (tertiary/aromatic N) is 1. The third kappa shape index (κ3) is 8.51. The Morgan fingerprint density at radius 2 is 1.36 bits per heavy atom. The molecule has 6 aromatic rings. The average molecular weight is 837 g/mol. The van der Waals surface area contributed by atoms with E-state index in [0.717, 1.165) is 41.7 Å². The minimum atomic E-state index is -4.10. The number of hydrogen-bond donors (Lipinski definition) is 1. The van der Waals surface area contributed by atoms with E-state index < -0.39 is 21.5 Å². The number of aromatic nitrogens is 1. The number of para-hydroxylation sites is 1. The van der Waals surface area contributed by atoms with Crippen molar-refractivity contribution in [2.75, 3.05) is 20.8 Å². The summed E-state index contributed by atoms with van der Waals surface area (Å²) in [5, 5.41) is 3.90. The highest BCUT2D eigenvalue weighted by Crippen LogP contribution is 2.58. The van der Waals surface area contributed by atoms with E-state index in [2.05, 4.69) is 5.32 Å². The molecule has 4 bridgehead atoms. The van der Waals surface area contributed by atoms with Crippen molar-refractivity contribution in [3.8, 4) is 17.2 Å². The molecule has 0 spiro atoms. The molecule has 4 aliphatic rings. The fourth-order valence-corrected chi connectivity index (χ4v) is 11.7. The normalized spacial score (nSPS) is 21.2. The van der Waals surface area contributed by atoms with Crippen LogP contribution in [0.25, 0.3) is 17.0 Å². The van der Waals surface area contributed by atoms with Gasteiger partial charge in [0.2, 0.25) is 5.91 Å². The number of carbonyl (C=O) groups excluding carboxylic acids is 1.